The van der Waals surface area contributed by atoms with Crippen LogP contribution in [0.3, 0.4) is 0 Å². The second-order valence-corrected chi connectivity index (χ2v) is 8.72. The predicted octanol–water partition coefficient (Wildman–Crippen LogP) is 3.30. The molecule has 0 aliphatic rings. The summed E-state index contributed by atoms with van der Waals surface area (Å²) >= 11 is 3.33. The highest BCUT2D eigenvalue weighted by Gasteiger charge is 2.21. The molecule has 0 saturated heterocycles. The van der Waals surface area contributed by atoms with Crippen LogP contribution in [0.5, 0.6) is 5.75 Å². The lowest BCUT2D eigenvalue weighted by molar-refractivity contribution is 0.402. The van der Waals surface area contributed by atoms with Gasteiger partial charge in [-0.15, -0.1) is 0 Å². The minimum Gasteiger partial charge on any atom is -0.495 e. The maximum Gasteiger partial charge on any atom is 0.265 e. The third-order valence-corrected chi connectivity index (χ3v) is 6.33. The topological polar surface area (TPSA) is 72.5 Å². The number of anilines is 1. The monoisotopic (exact) mass is 417 g/mol. The van der Waals surface area contributed by atoms with Gasteiger partial charge in [0.05, 0.1) is 12.8 Å². The fourth-order valence-electron chi connectivity index (χ4n) is 1.95. The van der Waals surface area contributed by atoms with E-state index in [2.05, 4.69) is 20.7 Å². The van der Waals surface area contributed by atoms with Crippen LogP contribution < -0.4 is 9.46 Å². The second kappa shape index (κ2) is 7.02. The molecule has 2 aromatic carbocycles. The molecule has 124 valence electrons. The van der Waals surface area contributed by atoms with Crippen molar-refractivity contribution in [2.75, 3.05) is 18.1 Å². The summed E-state index contributed by atoms with van der Waals surface area (Å²) in [5.74, 6) is 0.258. The lowest BCUT2D eigenvalue weighted by Crippen LogP contribution is -2.14. The van der Waals surface area contributed by atoms with Crippen LogP contribution in [-0.4, -0.2) is 26.0 Å². The van der Waals surface area contributed by atoms with E-state index in [4.69, 9.17) is 4.74 Å². The smallest absolute Gasteiger partial charge is 0.265 e. The lowest BCUT2D eigenvalue weighted by atomic mass is 10.2. The summed E-state index contributed by atoms with van der Waals surface area (Å²) in [4.78, 5) is 0.572. The van der Waals surface area contributed by atoms with Gasteiger partial charge in [0.15, 0.2) is 0 Å². The van der Waals surface area contributed by atoms with Gasteiger partial charge in [0.1, 0.15) is 10.6 Å². The molecule has 0 spiro atoms. The average molecular weight is 418 g/mol. The van der Waals surface area contributed by atoms with Crippen molar-refractivity contribution in [3.63, 3.8) is 0 Å². The number of sulfonamides is 1. The number of nitrogens with one attached hydrogen (secondary N) is 1. The fourth-order valence-corrected chi connectivity index (χ4v) is 4.24. The number of halogens is 1. The summed E-state index contributed by atoms with van der Waals surface area (Å²) in [6.45, 7) is 1.84. The zero-order chi connectivity index (χ0) is 17.2. The Morgan fingerprint density at radius 3 is 2.52 bits per heavy atom. The van der Waals surface area contributed by atoms with Gasteiger partial charge in [-0.2, -0.15) is 0 Å². The number of benzene rings is 2. The van der Waals surface area contributed by atoms with Gasteiger partial charge >= 0.3 is 0 Å². The first-order valence-electron chi connectivity index (χ1n) is 6.55. The van der Waals surface area contributed by atoms with Gasteiger partial charge < -0.3 is 4.74 Å². The first-order valence-corrected chi connectivity index (χ1v) is 10.4. The van der Waals surface area contributed by atoms with Gasteiger partial charge in [-0.3, -0.25) is 8.93 Å². The minimum absolute atomic E-state index is 0.0282. The van der Waals surface area contributed by atoms with E-state index in [1.54, 1.807) is 30.3 Å². The first kappa shape index (κ1) is 18.0. The number of rotatable bonds is 5. The van der Waals surface area contributed by atoms with Crippen molar-refractivity contribution in [1.82, 2.24) is 0 Å². The van der Waals surface area contributed by atoms with E-state index < -0.39 is 20.8 Å². The van der Waals surface area contributed by atoms with Gasteiger partial charge in [0, 0.05) is 26.4 Å². The second-order valence-electron chi connectivity index (χ2n) is 4.84. The molecule has 0 saturated carbocycles. The normalized spacial score (nSPS) is 12.7. The Bertz CT molecular complexity index is 866. The molecule has 0 aliphatic heterocycles. The van der Waals surface area contributed by atoms with Crippen LogP contribution in [0.1, 0.15) is 5.56 Å². The van der Waals surface area contributed by atoms with Crippen LogP contribution in [0, 0.1) is 6.92 Å². The maximum absolute atomic E-state index is 12.6. The van der Waals surface area contributed by atoms with Crippen LogP contribution in [0.2, 0.25) is 0 Å². The van der Waals surface area contributed by atoms with Crippen molar-refractivity contribution in [3.8, 4) is 5.75 Å². The molecular weight excluding hydrogens is 402 g/mol. The van der Waals surface area contributed by atoms with Crippen LogP contribution in [0.15, 0.2) is 50.7 Å². The molecule has 8 heteroatoms. The summed E-state index contributed by atoms with van der Waals surface area (Å²) in [6, 6.07) is 9.62. The van der Waals surface area contributed by atoms with Crippen LogP contribution in [-0.2, 0) is 20.8 Å². The molecule has 1 atom stereocenters. The lowest BCUT2D eigenvalue weighted by Gasteiger charge is -2.13. The van der Waals surface area contributed by atoms with Crippen molar-refractivity contribution in [3.05, 3.63) is 46.4 Å². The highest BCUT2D eigenvalue weighted by Crippen LogP contribution is 2.31. The SMILES string of the molecule is COc1cc(C)c(Br)cc1S(=O)(=O)Nc1cccc(S(C)=O)c1. The van der Waals surface area contributed by atoms with E-state index in [-0.39, 0.29) is 10.6 Å². The van der Waals surface area contributed by atoms with Crippen molar-refractivity contribution in [2.45, 2.75) is 16.7 Å². The Labute approximate surface area is 146 Å². The van der Waals surface area contributed by atoms with Crippen LogP contribution in [0.4, 0.5) is 5.69 Å². The predicted molar refractivity (Wildman–Crippen MR) is 95.0 cm³/mol. The Morgan fingerprint density at radius 2 is 1.91 bits per heavy atom. The van der Waals surface area contributed by atoms with Crippen LogP contribution in [0.25, 0.3) is 0 Å². The molecule has 0 aliphatic carbocycles. The molecule has 1 N–H and O–H groups in total. The van der Waals surface area contributed by atoms with E-state index in [1.165, 1.54) is 19.4 Å². The van der Waals surface area contributed by atoms with Crippen molar-refractivity contribution < 1.29 is 17.4 Å². The van der Waals surface area contributed by atoms with Gasteiger partial charge in [-0.05, 0) is 42.8 Å². The fraction of sp³-hybridized carbons (Fsp3) is 0.200. The number of methoxy groups -OCH3 is 1. The molecule has 0 aromatic heterocycles. The Morgan fingerprint density at radius 1 is 1.22 bits per heavy atom. The molecule has 0 amide bonds. The number of hydrogen-bond acceptors (Lipinski definition) is 4. The molecular formula is C15H16BrNO4S2. The van der Waals surface area contributed by atoms with Crippen molar-refractivity contribution in [1.29, 1.82) is 0 Å². The highest BCUT2D eigenvalue weighted by molar-refractivity contribution is 9.10. The standard InChI is InChI=1S/C15H16BrNO4S2/c1-10-7-14(21-2)15(9-13(10)16)23(19,20)17-11-5-4-6-12(8-11)22(3)18/h4-9,17H,1-3H3. The first-order chi connectivity index (χ1) is 10.7. The molecule has 0 heterocycles. The Kier molecular flexibility index (Phi) is 5.49. The maximum atomic E-state index is 12.6. The van der Waals surface area contributed by atoms with E-state index in [1.807, 2.05) is 6.92 Å². The van der Waals surface area contributed by atoms with E-state index in [0.717, 1.165) is 5.56 Å². The molecule has 0 radical (unpaired) electrons. The summed E-state index contributed by atoms with van der Waals surface area (Å²) < 4.78 is 45.1. The van der Waals surface area contributed by atoms with Crippen LogP contribution >= 0.6 is 15.9 Å². The summed E-state index contributed by atoms with van der Waals surface area (Å²) in [6.07, 6.45) is 1.54. The number of hydrogen-bond donors (Lipinski definition) is 1. The van der Waals surface area contributed by atoms with Gasteiger partial charge in [-0.25, -0.2) is 8.42 Å². The Balaban J connectivity index is 2.45. The molecule has 2 aromatic rings. The summed E-state index contributed by atoms with van der Waals surface area (Å²) in [5.41, 5.74) is 1.21. The molecule has 2 rings (SSSR count). The zero-order valence-corrected chi connectivity index (χ0v) is 16.0. The van der Waals surface area contributed by atoms with E-state index >= 15 is 0 Å². The minimum atomic E-state index is -3.84. The van der Waals surface area contributed by atoms with Crippen molar-refractivity contribution in [2.24, 2.45) is 0 Å². The average Bonchev–Trinajstić information content (AvgIpc) is 2.49. The summed E-state index contributed by atoms with van der Waals surface area (Å²) in [5, 5.41) is 0. The van der Waals surface area contributed by atoms with Gasteiger partial charge in [0.2, 0.25) is 0 Å². The number of aryl methyl sites for hydroxylation is 1. The molecule has 1 unspecified atom stereocenters. The third kappa shape index (κ3) is 4.13. The van der Waals surface area contributed by atoms with Gasteiger partial charge in [0.25, 0.3) is 10.0 Å². The highest BCUT2D eigenvalue weighted by atomic mass is 79.9. The quantitative estimate of drug-likeness (QED) is 0.809. The third-order valence-electron chi connectivity index (χ3n) is 3.15. The molecule has 0 fully saturated rings. The zero-order valence-electron chi connectivity index (χ0n) is 12.8. The molecule has 5 nitrogen and oxygen atoms in total. The van der Waals surface area contributed by atoms with Gasteiger partial charge in [-0.1, -0.05) is 22.0 Å². The largest absolute Gasteiger partial charge is 0.495 e. The van der Waals surface area contributed by atoms with E-state index in [0.29, 0.717) is 15.1 Å². The Hall–Kier alpha value is -1.38. The van der Waals surface area contributed by atoms with E-state index in [9.17, 15) is 12.6 Å². The molecule has 0 bridgehead atoms. The number of ether oxygens (including phenoxy) is 1. The molecule has 23 heavy (non-hydrogen) atoms. The summed E-state index contributed by atoms with van der Waals surface area (Å²) in [7, 11) is -3.61. The van der Waals surface area contributed by atoms with Crippen molar-refractivity contribution >= 4 is 42.4 Å².